The Kier molecular flexibility index (Phi) is 4.68. The van der Waals surface area contributed by atoms with E-state index in [0.717, 1.165) is 10.0 Å². The van der Waals surface area contributed by atoms with Crippen LogP contribution in [0.5, 0.6) is 0 Å². The summed E-state index contributed by atoms with van der Waals surface area (Å²) >= 11 is 4.88. The Morgan fingerprint density at radius 1 is 1.56 bits per heavy atom. The average molecular weight is 303 g/mol. The molecule has 1 aromatic carbocycles. The monoisotopic (exact) mass is 302 g/mol. The zero-order valence-corrected chi connectivity index (χ0v) is 11.9. The van der Waals surface area contributed by atoms with Crippen LogP contribution in [0.15, 0.2) is 16.6 Å². The molecule has 1 amide bonds. The molecule has 0 spiro atoms. The number of aryl methyl sites for hydroxylation is 1. The van der Waals surface area contributed by atoms with Crippen LogP contribution in [-0.2, 0) is 4.79 Å². The smallest absolute Gasteiger partial charge is 0.237 e. The van der Waals surface area contributed by atoms with E-state index < -0.39 is 0 Å². The average Bonchev–Trinajstić information content (AvgIpc) is 2.23. The van der Waals surface area contributed by atoms with Gasteiger partial charge in [0.1, 0.15) is 0 Å². The van der Waals surface area contributed by atoms with Gasteiger partial charge in [-0.3, -0.25) is 4.79 Å². The number of thioether (sulfide) groups is 1. The summed E-state index contributed by atoms with van der Waals surface area (Å²) < 4.78 is 0.909. The first-order valence-electron chi connectivity index (χ1n) is 4.85. The molecular weight excluding hydrogens is 288 g/mol. The molecule has 3 N–H and O–H groups in total. The molecule has 0 saturated heterocycles. The van der Waals surface area contributed by atoms with E-state index in [9.17, 15) is 4.79 Å². The van der Waals surface area contributed by atoms with Crippen LogP contribution in [0.1, 0.15) is 12.5 Å². The van der Waals surface area contributed by atoms with Gasteiger partial charge in [-0.05, 0) is 37.8 Å². The minimum absolute atomic E-state index is 0.0308. The molecule has 0 bridgehead atoms. The van der Waals surface area contributed by atoms with E-state index in [1.165, 1.54) is 11.8 Å². The van der Waals surface area contributed by atoms with Gasteiger partial charge in [-0.2, -0.15) is 11.8 Å². The standard InChI is InChI=1S/C11H15BrN2OS/c1-6-4-8(12)5-9(10(6)13)14-11(15)7(2)16-3/h4-5,7H,13H2,1-3H3,(H,14,15). The lowest BCUT2D eigenvalue weighted by atomic mass is 10.1. The predicted octanol–water partition coefficient (Wildman–Crippen LogP) is 3.03. The first-order valence-corrected chi connectivity index (χ1v) is 6.93. The quantitative estimate of drug-likeness (QED) is 0.844. The highest BCUT2D eigenvalue weighted by atomic mass is 79.9. The van der Waals surface area contributed by atoms with Gasteiger partial charge >= 0.3 is 0 Å². The zero-order chi connectivity index (χ0) is 12.3. The van der Waals surface area contributed by atoms with Gasteiger partial charge < -0.3 is 11.1 Å². The molecule has 5 heteroatoms. The van der Waals surface area contributed by atoms with Crippen molar-refractivity contribution < 1.29 is 4.79 Å². The Morgan fingerprint density at radius 3 is 2.75 bits per heavy atom. The maximum absolute atomic E-state index is 11.7. The number of carbonyl (C=O) groups excluding carboxylic acids is 1. The lowest BCUT2D eigenvalue weighted by Crippen LogP contribution is -2.22. The molecule has 1 unspecified atom stereocenters. The molecule has 3 nitrogen and oxygen atoms in total. The molecule has 1 rings (SSSR count). The number of hydrogen-bond acceptors (Lipinski definition) is 3. The van der Waals surface area contributed by atoms with Gasteiger partial charge in [-0.15, -0.1) is 0 Å². The second-order valence-corrected chi connectivity index (χ2v) is 5.65. The van der Waals surface area contributed by atoms with E-state index in [1.807, 2.05) is 32.2 Å². The second-order valence-electron chi connectivity index (χ2n) is 3.55. The van der Waals surface area contributed by atoms with Crippen molar-refractivity contribution in [2.24, 2.45) is 0 Å². The van der Waals surface area contributed by atoms with Crippen LogP contribution in [0.4, 0.5) is 11.4 Å². The lowest BCUT2D eigenvalue weighted by Gasteiger charge is -2.13. The van der Waals surface area contributed by atoms with Crippen LogP contribution < -0.4 is 11.1 Å². The van der Waals surface area contributed by atoms with Crippen molar-refractivity contribution in [2.45, 2.75) is 19.1 Å². The largest absolute Gasteiger partial charge is 0.397 e. The zero-order valence-electron chi connectivity index (χ0n) is 9.50. The van der Waals surface area contributed by atoms with Crippen molar-refractivity contribution >= 4 is 45.0 Å². The van der Waals surface area contributed by atoms with Crippen LogP contribution in [0.25, 0.3) is 0 Å². The van der Waals surface area contributed by atoms with Gasteiger partial charge in [0.25, 0.3) is 0 Å². The Balaban J connectivity index is 2.93. The van der Waals surface area contributed by atoms with Gasteiger partial charge in [-0.1, -0.05) is 15.9 Å². The highest BCUT2D eigenvalue weighted by Crippen LogP contribution is 2.28. The molecule has 0 fully saturated rings. The number of hydrogen-bond donors (Lipinski definition) is 2. The van der Waals surface area contributed by atoms with E-state index in [1.54, 1.807) is 0 Å². The molecule has 1 aromatic rings. The minimum Gasteiger partial charge on any atom is -0.397 e. The van der Waals surface area contributed by atoms with Gasteiger partial charge in [-0.25, -0.2) is 0 Å². The fraction of sp³-hybridized carbons (Fsp3) is 0.364. The number of carbonyl (C=O) groups is 1. The fourth-order valence-electron chi connectivity index (χ4n) is 1.20. The number of nitrogen functional groups attached to an aromatic ring is 1. The van der Waals surface area contributed by atoms with Crippen molar-refractivity contribution in [1.29, 1.82) is 0 Å². The topological polar surface area (TPSA) is 55.1 Å². The summed E-state index contributed by atoms with van der Waals surface area (Å²) in [5.74, 6) is -0.0308. The van der Waals surface area contributed by atoms with E-state index in [2.05, 4.69) is 21.2 Å². The third-order valence-electron chi connectivity index (χ3n) is 2.33. The summed E-state index contributed by atoms with van der Waals surface area (Å²) in [6.07, 6.45) is 1.90. The summed E-state index contributed by atoms with van der Waals surface area (Å²) in [6.45, 7) is 3.77. The number of nitrogens with two attached hydrogens (primary N) is 1. The molecule has 1 atom stereocenters. The Hall–Kier alpha value is -0.680. The van der Waals surface area contributed by atoms with Crippen molar-refractivity contribution in [2.75, 3.05) is 17.3 Å². The van der Waals surface area contributed by atoms with Crippen molar-refractivity contribution in [3.05, 3.63) is 22.2 Å². The third-order valence-corrected chi connectivity index (χ3v) is 3.71. The molecule has 0 aliphatic heterocycles. The van der Waals surface area contributed by atoms with Gasteiger partial charge in [0, 0.05) is 4.47 Å². The molecular formula is C11H15BrN2OS. The predicted molar refractivity (Wildman–Crippen MR) is 74.9 cm³/mol. The Bertz CT molecular complexity index is 409. The Morgan fingerprint density at radius 2 is 2.19 bits per heavy atom. The summed E-state index contributed by atoms with van der Waals surface area (Å²) in [4.78, 5) is 11.7. The van der Waals surface area contributed by atoms with Crippen molar-refractivity contribution in [3.8, 4) is 0 Å². The highest BCUT2D eigenvalue weighted by Gasteiger charge is 2.13. The Labute approximate surface area is 108 Å². The summed E-state index contributed by atoms with van der Waals surface area (Å²) in [5.41, 5.74) is 8.13. The normalized spacial score (nSPS) is 12.2. The van der Waals surface area contributed by atoms with Crippen molar-refractivity contribution in [1.82, 2.24) is 0 Å². The van der Waals surface area contributed by atoms with E-state index >= 15 is 0 Å². The summed E-state index contributed by atoms with van der Waals surface area (Å²) in [7, 11) is 0. The summed E-state index contributed by atoms with van der Waals surface area (Å²) in [5, 5.41) is 2.74. The van der Waals surface area contributed by atoms with E-state index in [-0.39, 0.29) is 11.2 Å². The summed E-state index contributed by atoms with van der Waals surface area (Å²) in [6, 6.07) is 3.73. The number of rotatable bonds is 3. The molecule has 0 aromatic heterocycles. The maximum Gasteiger partial charge on any atom is 0.237 e. The number of amides is 1. The molecule has 0 heterocycles. The minimum atomic E-state index is -0.0845. The van der Waals surface area contributed by atoms with Crippen LogP contribution >= 0.6 is 27.7 Å². The number of halogens is 1. The number of anilines is 2. The van der Waals surface area contributed by atoms with Gasteiger partial charge in [0.05, 0.1) is 16.6 Å². The first-order chi connectivity index (χ1) is 7.45. The van der Waals surface area contributed by atoms with E-state index in [0.29, 0.717) is 11.4 Å². The first kappa shape index (κ1) is 13.4. The van der Waals surface area contributed by atoms with Gasteiger partial charge in [0.15, 0.2) is 0 Å². The highest BCUT2D eigenvalue weighted by molar-refractivity contribution is 9.10. The SMILES string of the molecule is CSC(C)C(=O)Nc1cc(Br)cc(C)c1N. The maximum atomic E-state index is 11.7. The number of nitrogens with one attached hydrogen (secondary N) is 1. The van der Waals surface area contributed by atoms with Gasteiger partial charge in [0.2, 0.25) is 5.91 Å². The van der Waals surface area contributed by atoms with Crippen LogP contribution in [0.2, 0.25) is 0 Å². The van der Waals surface area contributed by atoms with Crippen molar-refractivity contribution in [3.63, 3.8) is 0 Å². The fourth-order valence-corrected chi connectivity index (χ4v) is 2.04. The van der Waals surface area contributed by atoms with Crippen LogP contribution in [-0.4, -0.2) is 17.4 Å². The van der Waals surface area contributed by atoms with E-state index in [4.69, 9.17) is 5.73 Å². The van der Waals surface area contributed by atoms with Crippen LogP contribution in [0.3, 0.4) is 0 Å². The molecule has 0 saturated carbocycles. The molecule has 0 radical (unpaired) electrons. The lowest BCUT2D eigenvalue weighted by molar-refractivity contribution is -0.115. The molecule has 16 heavy (non-hydrogen) atoms. The second kappa shape index (κ2) is 5.59. The van der Waals surface area contributed by atoms with Crippen LogP contribution in [0, 0.1) is 6.92 Å². The third kappa shape index (κ3) is 3.15. The number of benzene rings is 1. The molecule has 88 valence electrons. The molecule has 0 aliphatic rings. The molecule has 0 aliphatic carbocycles.